The van der Waals surface area contributed by atoms with Gasteiger partial charge in [0, 0.05) is 11.1 Å². The van der Waals surface area contributed by atoms with Crippen LogP contribution in [-0.2, 0) is 17.9 Å². The van der Waals surface area contributed by atoms with Crippen molar-refractivity contribution in [3.63, 3.8) is 0 Å². The molecule has 1 N–H and O–H groups in total. The summed E-state index contributed by atoms with van der Waals surface area (Å²) >= 11 is 0. The van der Waals surface area contributed by atoms with Crippen molar-refractivity contribution in [1.82, 2.24) is 14.8 Å². The molecule has 7 nitrogen and oxygen atoms in total. The molecule has 2 aromatic heterocycles. The highest BCUT2D eigenvalue weighted by molar-refractivity contribution is 5.86. The van der Waals surface area contributed by atoms with Gasteiger partial charge in [-0.1, -0.05) is 95.1 Å². The highest BCUT2D eigenvalue weighted by atomic mass is 16.5. The van der Waals surface area contributed by atoms with Gasteiger partial charge in [-0.3, -0.25) is 9.48 Å². The fraction of sp³-hybridized carbons (Fsp3) is 0.258. The molecule has 0 spiro atoms. The maximum absolute atomic E-state index is 11.1. The summed E-state index contributed by atoms with van der Waals surface area (Å²) in [5.41, 5.74) is 3.16. The van der Waals surface area contributed by atoms with Gasteiger partial charge in [0.05, 0.1) is 17.1 Å². The number of ether oxygens (including phenoxy) is 1. The minimum atomic E-state index is -0.954. The normalized spacial score (nSPS) is 10.2. The molecule has 0 aliphatic carbocycles. The number of oxazole rings is 1. The van der Waals surface area contributed by atoms with E-state index in [1.54, 1.807) is 6.20 Å². The Hall–Kier alpha value is -4.39. The van der Waals surface area contributed by atoms with E-state index >= 15 is 0 Å². The van der Waals surface area contributed by atoms with Gasteiger partial charge in [0.2, 0.25) is 5.89 Å². The van der Waals surface area contributed by atoms with Gasteiger partial charge in [0.25, 0.3) is 0 Å². The third-order valence-electron chi connectivity index (χ3n) is 5.05. The number of hydrogen-bond donors (Lipinski definition) is 1. The number of nitrogens with zero attached hydrogens (tertiary/aromatic N) is 3. The van der Waals surface area contributed by atoms with Crippen molar-refractivity contribution < 1.29 is 19.1 Å². The van der Waals surface area contributed by atoms with E-state index in [2.05, 4.69) is 32.8 Å². The van der Waals surface area contributed by atoms with E-state index in [0.29, 0.717) is 28.6 Å². The number of benzene rings is 3. The molecule has 0 aliphatic heterocycles. The molecular weight excluding hydrogens is 478 g/mol. The van der Waals surface area contributed by atoms with Crippen LogP contribution in [0.5, 0.6) is 5.75 Å². The molecule has 3 aromatic carbocycles. The molecule has 0 unspecified atom stereocenters. The Labute approximate surface area is 223 Å². The Bertz CT molecular complexity index is 1410. The van der Waals surface area contributed by atoms with Crippen molar-refractivity contribution in [3.8, 4) is 28.5 Å². The third-order valence-corrected chi connectivity index (χ3v) is 5.05. The van der Waals surface area contributed by atoms with E-state index in [9.17, 15) is 4.79 Å². The number of aromatic nitrogens is 3. The predicted octanol–water partition coefficient (Wildman–Crippen LogP) is 7.85. The van der Waals surface area contributed by atoms with E-state index in [4.69, 9.17) is 19.2 Å². The van der Waals surface area contributed by atoms with E-state index in [1.807, 2.05) is 78.9 Å². The lowest BCUT2D eigenvalue weighted by Gasteiger charge is -2.07. The van der Waals surface area contributed by atoms with Gasteiger partial charge in [-0.15, -0.1) is 0 Å². The van der Waals surface area contributed by atoms with Gasteiger partial charge in [0.15, 0.2) is 5.76 Å². The number of rotatable bonds is 7. The first-order chi connectivity index (χ1) is 18.5. The lowest BCUT2D eigenvalue weighted by atomic mass is 10.1. The van der Waals surface area contributed by atoms with Crippen molar-refractivity contribution in [3.05, 3.63) is 90.8 Å². The number of carboxylic acid groups (broad SMARTS) is 1. The van der Waals surface area contributed by atoms with Gasteiger partial charge in [-0.2, -0.15) is 5.10 Å². The summed E-state index contributed by atoms with van der Waals surface area (Å²) in [6.07, 6.45) is 4.11. The van der Waals surface area contributed by atoms with Crippen LogP contribution in [0, 0.1) is 0 Å². The molecule has 0 bridgehead atoms. The quantitative estimate of drug-likeness (QED) is 0.238. The number of carboxylic acids is 1. The minimum Gasteiger partial charge on any atom is -0.486 e. The van der Waals surface area contributed by atoms with Gasteiger partial charge in [0.1, 0.15) is 24.6 Å². The molecule has 7 heteroatoms. The van der Waals surface area contributed by atoms with Crippen LogP contribution >= 0.6 is 0 Å². The number of fused-ring (bicyclic) bond motifs is 1. The first-order valence-electron chi connectivity index (χ1n) is 12.9. The zero-order chi connectivity index (χ0) is 27.3. The van der Waals surface area contributed by atoms with Crippen LogP contribution in [0.3, 0.4) is 0 Å². The molecule has 0 aliphatic rings. The van der Waals surface area contributed by atoms with Crippen molar-refractivity contribution in [2.45, 2.75) is 53.7 Å². The molecule has 0 amide bonds. The van der Waals surface area contributed by atoms with Gasteiger partial charge in [-0.25, -0.2) is 4.98 Å². The van der Waals surface area contributed by atoms with Crippen molar-refractivity contribution >= 4 is 16.9 Å². The minimum absolute atomic E-state index is 0.184. The molecule has 5 rings (SSSR count). The van der Waals surface area contributed by atoms with Crippen LogP contribution in [0.1, 0.15) is 46.2 Å². The number of aliphatic carboxylic acids is 1. The lowest BCUT2D eigenvalue weighted by molar-refractivity contribution is -0.137. The molecule has 5 aromatic rings. The van der Waals surface area contributed by atoms with Crippen LogP contribution in [0.15, 0.2) is 89.5 Å². The largest absolute Gasteiger partial charge is 0.486 e. The Morgan fingerprint density at radius 2 is 1.47 bits per heavy atom. The summed E-state index contributed by atoms with van der Waals surface area (Å²) in [6.45, 7) is 8.47. The molecule has 0 atom stereocenters. The summed E-state index contributed by atoms with van der Waals surface area (Å²) in [4.78, 5) is 15.8. The Morgan fingerprint density at radius 3 is 2.08 bits per heavy atom. The third kappa shape index (κ3) is 7.32. The smallest absolute Gasteiger partial charge is 0.325 e. The molecule has 0 saturated carbocycles. The average Bonchev–Trinajstić information content (AvgIpc) is 3.54. The van der Waals surface area contributed by atoms with Gasteiger partial charge in [-0.05, 0) is 24.3 Å². The second-order valence-corrected chi connectivity index (χ2v) is 8.61. The van der Waals surface area contributed by atoms with Crippen LogP contribution in [0.4, 0.5) is 0 Å². The van der Waals surface area contributed by atoms with Crippen LogP contribution in [0.25, 0.3) is 33.7 Å². The summed E-state index contributed by atoms with van der Waals surface area (Å²) < 4.78 is 13.7. The molecule has 0 radical (unpaired) electrons. The zero-order valence-corrected chi connectivity index (χ0v) is 22.4. The van der Waals surface area contributed by atoms with Gasteiger partial charge < -0.3 is 14.3 Å². The lowest BCUT2D eigenvalue weighted by Crippen LogP contribution is -2.09. The summed E-state index contributed by atoms with van der Waals surface area (Å²) in [5, 5.41) is 14.0. The van der Waals surface area contributed by atoms with Crippen molar-refractivity contribution in [1.29, 1.82) is 0 Å². The van der Waals surface area contributed by atoms with Crippen LogP contribution in [-0.4, -0.2) is 25.8 Å². The monoisotopic (exact) mass is 513 g/mol. The second kappa shape index (κ2) is 14.4. The summed E-state index contributed by atoms with van der Waals surface area (Å²) in [5.74, 6) is 0.820. The standard InChI is InChI=1S/C25H19N3O4.2C3H8/c29-23(30)15-28-21-12-7-13-22(19(21)14-26-28)31-16-20-24(17-8-3-1-4-9-17)32-25(27-20)18-10-5-2-6-11-18;2*1-3-2/h1-14H,15-16H2,(H,29,30);2*3H2,1-2H3. The fourth-order valence-electron chi connectivity index (χ4n) is 3.57. The number of hydrogen-bond acceptors (Lipinski definition) is 5. The van der Waals surface area contributed by atoms with Crippen LogP contribution in [0.2, 0.25) is 0 Å². The van der Waals surface area contributed by atoms with E-state index in [-0.39, 0.29) is 13.2 Å². The topological polar surface area (TPSA) is 90.4 Å². The molecular formula is C31H35N3O4. The second-order valence-electron chi connectivity index (χ2n) is 8.61. The van der Waals surface area contributed by atoms with Gasteiger partial charge >= 0.3 is 5.97 Å². The summed E-state index contributed by atoms with van der Waals surface area (Å²) in [6, 6.07) is 25.0. The number of carbonyl (C=O) groups is 1. The first-order valence-corrected chi connectivity index (χ1v) is 12.9. The molecule has 0 fully saturated rings. The van der Waals surface area contributed by atoms with E-state index in [1.165, 1.54) is 17.5 Å². The van der Waals surface area contributed by atoms with Crippen molar-refractivity contribution in [2.24, 2.45) is 0 Å². The first kappa shape index (κ1) is 28.2. The van der Waals surface area contributed by atoms with Crippen molar-refractivity contribution in [2.75, 3.05) is 0 Å². The summed E-state index contributed by atoms with van der Waals surface area (Å²) in [7, 11) is 0. The molecule has 0 saturated heterocycles. The molecule has 198 valence electrons. The van der Waals surface area contributed by atoms with E-state index < -0.39 is 5.97 Å². The zero-order valence-electron chi connectivity index (χ0n) is 22.4. The predicted molar refractivity (Wildman–Crippen MR) is 151 cm³/mol. The highest BCUT2D eigenvalue weighted by Crippen LogP contribution is 2.32. The maximum atomic E-state index is 11.1. The fourth-order valence-corrected chi connectivity index (χ4v) is 3.57. The highest BCUT2D eigenvalue weighted by Gasteiger charge is 2.18. The van der Waals surface area contributed by atoms with Crippen LogP contribution < -0.4 is 4.74 Å². The Balaban J connectivity index is 0.000000611. The van der Waals surface area contributed by atoms with E-state index in [0.717, 1.165) is 16.5 Å². The molecule has 38 heavy (non-hydrogen) atoms. The molecule has 2 heterocycles. The SMILES string of the molecule is CCC.CCC.O=C(O)Cn1ncc2c(OCc3nc(-c4ccccc4)oc3-c3ccccc3)cccc21. The maximum Gasteiger partial charge on any atom is 0.325 e. The average molecular weight is 514 g/mol. The Morgan fingerprint density at radius 1 is 0.868 bits per heavy atom. The Kier molecular flexibility index (Phi) is 10.7.